The van der Waals surface area contributed by atoms with Gasteiger partial charge in [0.15, 0.2) is 0 Å². The van der Waals surface area contributed by atoms with Gasteiger partial charge in [0.25, 0.3) is 5.91 Å². The monoisotopic (exact) mass is 361 g/mol. The van der Waals surface area contributed by atoms with Gasteiger partial charge in [0.05, 0.1) is 24.0 Å². The maximum Gasteiger partial charge on any atom is 0.251 e. The summed E-state index contributed by atoms with van der Waals surface area (Å²) >= 11 is 0. The molecular weight excluding hydrogens is 345 g/mol. The SMILES string of the molecule is O=C(NCc1ccco1)c1ccc2[nH]nc(/C=C/c3cccc(F)c3)c2c1. The smallest absolute Gasteiger partial charge is 0.251 e. The van der Waals surface area contributed by atoms with Crippen LogP contribution < -0.4 is 5.32 Å². The summed E-state index contributed by atoms with van der Waals surface area (Å²) in [7, 11) is 0. The third-order valence-corrected chi connectivity index (χ3v) is 4.14. The van der Waals surface area contributed by atoms with Crippen molar-refractivity contribution in [3.8, 4) is 0 Å². The lowest BCUT2D eigenvalue weighted by Crippen LogP contribution is -2.22. The number of nitrogens with zero attached hydrogens (tertiary/aromatic N) is 1. The van der Waals surface area contributed by atoms with Crippen molar-refractivity contribution in [3.63, 3.8) is 0 Å². The number of nitrogens with one attached hydrogen (secondary N) is 2. The summed E-state index contributed by atoms with van der Waals surface area (Å²) in [6.45, 7) is 0.321. The van der Waals surface area contributed by atoms with Crippen molar-refractivity contribution >= 4 is 29.0 Å². The summed E-state index contributed by atoms with van der Waals surface area (Å²) in [4.78, 5) is 12.4. The zero-order valence-electron chi connectivity index (χ0n) is 14.3. The Morgan fingerprint density at radius 2 is 2.07 bits per heavy atom. The summed E-state index contributed by atoms with van der Waals surface area (Å²) in [5.41, 5.74) is 2.75. The number of fused-ring (bicyclic) bond motifs is 1. The van der Waals surface area contributed by atoms with Gasteiger partial charge in [-0.25, -0.2) is 4.39 Å². The summed E-state index contributed by atoms with van der Waals surface area (Å²) in [6, 6.07) is 15.2. The minimum atomic E-state index is -0.292. The molecule has 0 unspecified atom stereocenters. The number of H-pyrrole nitrogens is 1. The fraction of sp³-hybridized carbons (Fsp3) is 0.0476. The number of carbonyl (C=O) groups is 1. The highest BCUT2D eigenvalue weighted by Gasteiger charge is 2.10. The summed E-state index contributed by atoms with van der Waals surface area (Å²) in [5.74, 6) is 0.195. The van der Waals surface area contributed by atoms with Crippen LogP contribution in [0.2, 0.25) is 0 Å². The number of halogens is 1. The van der Waals surface area contributed by atoms with Gasteiger partial charge in [0.1, 0.15) is 11.6 Å². The van der Waals surface area contributed by atoms with Gasteiger partial charge in [-0.2, -0.15) is 5.10 Å². The van der Waals surface area contributed by atoms with Crippen LogP contribution in [-0.4, -0.2) is 16.1 Å². The Labute approximate surface area is 154 Å². The van der Waals surface area contributed by atoms with Crippen molar-refractivity contribution in [2.45, 2.75) is 6.54 Å². The van der Waals surface area contributed by atoms with Gasteiger partial charge in [0, 0.05) is 10.9 Å². The summed E-state index contributed by atoms with van der Waals surface area (Å²) in [6.07, 6.45) is 5.14. The van der Waals surface area contributed by atoms with E-state index in [4.69, 9.17) is 4.42 Å². The number of hydrogen-bond acceptors (Lipinski definition) is 3. The van der Waals surface area contributed by atoms with Gasteiger partial charge in [-0.3, -0.25) is 9.89 Å². The lowest BCUT2D eigenvalue weighted by atomic mass is 10.1. The number of hydrogen-bond donors (Lipinski definition) is 2. The lowest BCUT2D eigenvalue weighted by molar-refractivity contribution is 0.0948. The van der Waals surface area contributed by atoms with Crippen molar-refractivity contribution in [1.29, 1.82) is 0 Å². The first-order chi connectivity index (χ1) is 13.2. The minimum Gasteiger partial charge on any atom is -0.467 e. The van der Waals surface area contributed by atoms with Gasteiger partial charge in [-0.15, -0.1) is 0 Å². The second-order valence-electron chi connectivity index (χ2n) is 6.02. The molecule has 0 bridgehead atoms. The predicted molar refractivity (Wildman–Crippen MR) is 101 cm³/mol. The van der Waals surface area contributed by atoms with E-state index in [-0.39, 0.29) is 11.7 Å². The largest absolute Gasteiger partial charge is 0.467 e. The van der Waals surface area contributed by atoms with E-state index >= 15 is 0 Å². The van der Waals surface area contributed by atoms with E-state index in [1.165, 1.54) is 12.1 Å². The topological polar surface area (TPSA) is 70.9 Å². The Morgan fingerprint density at radius 1 is 1.15 bits per heavy atom. The van der Waals surface area contributed by atoms with Crippen LogP contribution in [0.1, 0.15) is 27.4 Å². The first kappa shape index (κ1) is 16.8. The molecule has 0 spiro atoms. The van der Waals surface area contributed by atoms with Crippen molar-refractivity contribution in [1.82, 2.24) is 15.5 Å². The molecule has 2 aromatic heterocycles. The van der Waals surface area contributed by atoms with Gasteiger partial charge in [-0.05, 0) is 54.1 Å². The molecule has 1 amide bonds. The van der Waals surface area contributed by atoms with Crippen LogP contribution in [-0.2, 0) is 6.54 Å². The van der Waals surface area contributed by atoms with Gasteiger partial charge >= 0.3 is 0 Å². The molecule has 0 fully saturated rings. The Balaban J connectivity index is 1.56. The number of aromatic amines is 1. The van der Waals surface area contributed by atoms with E-state index in [0.717, 1.165) is 16.5 Å². The molecule has 6 heteroatoms. The third-order valence-electron chi connectivity index (χ3n) is 4.14. The number of rotatable bonds is 5. The molecule has 2 aromatic carbocycles. The first-order valence-electron chi connectivity index (χ1n) is 8.41. The Morgan fingerprint density at radius 3 is 2.89 bits per heavy atom. The maximum absolute atomic E-state index is 13.3. The van der Waals surface area contributed by atoms with E-state index in [2.05, 4.69) is 15.5 Å². The zero-order valence-corrected chi connectivity index (χ0v) is 14.3. The van der Waals surface area contributed by atoms with E-state index < -0.39 is 0 Å². The molecule has 5 nitrogen and oxygen atoms in total. The third kappa shape index (κ3) is 3.79. The molecule has 0 saturated carbocycles. The fourth-order valence-electron chi connectivity index (χ4n) is 2.77. The normalized spacial score (nSPS) is 11.3. The minimum absolute atomic E-state index is 0.199. The molecule has 0 aliphatic heterocycles. The van der Waals surface area contributed by atoms with Gasteiger partial charge < -0.3 is 9.73 Å². The van der Waals surface area contributed by atoms with E-state index in [1.54, 1.807) is 48.7 Å². The molecule has 0 atom stereocenters. The number of benzene rings is 2. The second kappa shape index (κ2) is 7.29. The first-order valence-corrected chi connectivity index (χ1v) is 8.41. The predicted octanol–water partition coefficient (Wildman–Crippen LogP) is 4.40. The van der Waals surface area contributed by atoms with Crippen molar-refractivity contribution in [3.05, 3.63) is 89.3 Å². The average Bonchev–Trinajstić information content (AvgIpc) is 3.34. The molecule has 134 valence electrons. The van der Waals surface area contributed by atoms with Crippen molar-refractivity contribution in [2.24, 2.45) is 0 Å². The highest BCUT2D eigenvalue weighted by molar-refractivity contribution is 5.99. The maximum atomic E-state index is 13.3. The van der Waals surface area contributed by atoms with Crippen molar-refractivity contribution < 1.29 is 13.6 Å². The summed E-state index contributed by atoms with van der Waals surface area (Å²) in [5, 5.41) is 10.8. The molecule has 0 saturated heterocycles. The number of furan rings is 1. The van der Waals surface area contributed by atoms with E-state index in [1.807, 2.05) is 12.1 Å². The van der Waals surface area contributed by atoms with Crippen LogP contribution in [0.25, 0.3) is 23.1 Å². The highest BCUT2D eigenvalue weighted by Crippen LogP contribution is 2.20. The van der Waals surface area contributed by atoms with Crippen LogP contribution >= 0.6 is 0 Å². The lowest BCUT2D eigenvalue weighted by Gasteiger charge is -2.03. The fourth-order valence-corrected chi connectivity index (χ4v) is 2.77. The highest BCUT2D eigenvalue weighted by atomic mass is 19.1. The molecule has 0 radical (unpaired) electrons. The Kier molecular flexibility index (Phi) is 4.53. The van der Waals surface area contributed by atoms with Gasteiger partial charge in [0.2, 0.25) is 0 Å². The molecule has 27 heavy (non-hydrogen) atoms. The van der Waals surface area contributed by atoms with E-state index in [9.17, 15) is 9.18 Å². The molecule has 4 rings (SSSR count). The number of aromatic nitrogens is 2. The Hall–Kier alpha value is -3.67. The van der Waals surface area contributed by atoms with Gasteiger partial charge in [-0.1, -0.05) is 18.2 Å². The Bertz CT molecular complexity index is 1110. The molecule has 0 aliphatic carbocycles. The second-order valence-corrected chi connectivity index (χ2v) is 6.02. The quantitative estimate of drug-likeness (QED) is 0.554. The molecular formula is C21H16FN3O2. The molecule has 2 heterocycles. The van der Waals surface area contributed by atoms with E-state index in [0.29, 0.717) is 23.6 Å². The molecule has 2 N–H and O–H groups in total. The van der Waals surface area contributed by atoms with Crippen molar-refractivity contribution in [2.75, 3.05) is 0 Å². The van der Waals surface area contributed by atoms with Crippen LogP contribution in [0.15, 0.2) is 65.3 Å². The van der Waals surface area contributed by atoms with Crippen LogP contribution in [0.4, 0.5) is 4.39 Å². The van der Waals surface area contributed by atoms with Crippen LogP contribution in [0.3, 0.4) is 0 Å². The zero-order chi connectivity index (χ0) is 18.6. The molecule has 4 aromatic rings. The van der Waals surface area contributed by atoms with Crippen LogP contribution in [0, 0.1) is 5.82 Å². The summed E-state index contributed by atoms with van der Waals surface area (Å²) < 4.78 is 18.5. The standard InChI is InChI=1S/C21H16FN3O2/c22-16-4-1-3-14(11-16)6-8-19-18-12-15(7-9-20(18)25-24-19)21(26)23-13-17-5-2-10-27-17/h1-12H,13H2,(H,23,26)(H,24,25)/b8-6+. The average molecular weight is 361 g/mol. The van der Waals surface area contributed by atoms with Crippen LogP contribution in [0.5, 0.6) is 0 Å². The number of amides is 1. The number of carbonyl (C=O) groups excluding carboxylic acids is 1. The molecule has 0 aliphatic rings.